The number of hydrogen-bond acceptors (Lipinski definition) is 3. The van der Waals surface area contributed by atoms with E-state index in [1.165, 1.54) is 0 Å². The number of fused-ring (bicyclic) bond motifs is 1. The normalized spacial score (nSPS) is 19.1. The Morgan fingerprint density at radius 1 is 1.33 bits per heavy atom. The maximum Gasteiger partial charge on any atom is 0.172 e. The Labute approximate surface area is 70.6 Å². The second-order valence-electron chi connectivity index (χ2n) is 2.69. The van der Waals surface area contributed by atoms with Gasteiger partial charge in [-0.2, -0.15) is 0 Å². The number of ketones is 1. The van der Waals surface area contributed by atoms with Crippen molar-refractivity contribution in [2.45, 2.75) is 5.92 Å². The van der Waals surface area contributed by atoms with Gasteiger partial charge >= 0.3 is 0 Å². The zero-order valence-corrected chi connectivity index (χ0v) is 6.66. The molecule has 1 aliphatic rings. The lowest BCUT2D eigenvalue weighted by Gasteiger charge is -2.25. The van der Waals surface area contributed by atoms with Gasteiger partial charge in [0.1, 0.15) is 0 Å². The number of rotatable bonds is 1. The highest BCUT2D eigenvalue weighted by molar-refractivity contribution is 6.10. The van der Waals surface area contributed by atoms with Crippen molar-refractivity contribution in [2.75, 3.05) is 6.61 Å². The summed E-state index contributed by atoms with van der Waals surface area (Å²) in [7, 11) is 0. The molecule has 1 aliphatic carbocycles. The van der Waals surface area contributed by atoms with E-state index in [-0.39, 0.29) is 24.5 Å². The second kappa shape index (κ2) is 3.05. The van der Waals surface area contributed by atoms with Crippen molar-refractivity contribution < 1.29 is 9.90 Å². The van der Waals surface area contributed by atoms with Crippen molar-refractivity contribution >= 4 is 5.78 Å². The molecule has 1 aromatic carbocycles. The first-order chi connectivity index (χ1) is 5.34. The lowest BCUT2D eigenvalue weighted by molar-refractivity contribution is 0.0882. The quantitative estimate of drug-likeness (QED) is 0.655. The third-order valence-electron chi connectivity index (χ3n) is 2.10. The summed E-state index contributed by atoms with van der Waals surface area (Å²) in [6.45, 7) is -0.0597. The van der Waals surface area contributed by atoms with Crippen molar-refractivity contribution in [3.05, 3.63) is 35.4 Å². The molecule has 0 saturated carbocycles. The first-order valence-corrected chi connectivity index (χ1v) is 3.58. The van der Waals surface area contributed by atoms with Crippen LogP contribution in [-0.2, 0) is 0 Å². The Morgan fingerprint density at radius 3 is 2.67 bits per heavy atom. The van der Waals surface area contributed by atoms with Crippen LogP contribution in [-0.4, -0.2) is 17.5 Å². The van der Waals surface area contributed by atoms with Gasteiger partial charge in [-0.15, -0.1) is 0 Å². The summed E-state index contributed by atoms with van der Waals surface area (Å²) >= 11 is 0. The first-order valence-electron chi connectivity index (χ1n) is 3.58. The van der Waals surface area contributed by atoms with Crippen molar-refractivity contribution in [1.29, 1.82) is 0 Å². The molecule has 0 aliphatic heterocycles. The molecule has 0 saturated heterocycles. The van der Waals surface area contributed by atoms with Crippen LogP contribution in [0.4, 0.5) is 0 Å². The fourth-order valence-electron chi connectivity index (χ4n) is 1.46. The number of carbonyl (C=O) groups excluding carboxylic acids is 1. The minimum absolute atomic E-state index is 0. The van der Waals surface area contributed by atoms with Gasteiger partial charge in [-0.1, -0.05) is 24.3 Å². The molecule has 3 nitrogen and oxygen atoms in total. The summed E-state index contributed by atoms with van der Waals surface area (Å²) in [5.74, 6) is -0.172. The highest BCUT2D eigenvalue weighted by atomic mass is 16.3. The van der Waals surface area contributed by atoms with E-state index in [0.717, 1.165) is 11.1 Å². The smallest absolute Gasteiger partial charge is 0.172 e. The molecule has 0 fully saturated rings. The van der Waals surface area contributed by atoms with Crippen LogP contribution in [0.3, 0.4) is 0 Å². The largest absolute Gasteiger partial charge is 0.395 e. The van der Waals surface area contributed by atoms with E-state index in [2.05, 4.69) is 0 Å². The van der Waals surface area contributed by atoms with Crippen LogP contribution in [0.2, 0.25) is 0 Å². The Kier molecular flexibility index (Phi) is 2.26. The highest BCUT2D eigenvalue weighted by Gasteiger charge is 2.34. The molecule has 0 amide bonds. The van der Waals surface area contributed by atoms with Crippen LogP contribution in [0.5, 0.6) is 0 Å². The van der Waals surface area contributed by atoms with Gasteiger partial charge in [0.05, 0.1) is 12.5 Å². The minimum atomic E-state index is -0.244. The van der Waals surface area contributed by atoms with Gasteiger partial charge in [-0.3, -0.25) is 4.79 Å². The molecule has 1 aromatic rings. The fraction of sp³-hybridized carbons (Fsp3) is 0.222. The van der Waals surface area contributed by atoms with Crippen LogP contribution in [0, 0.1) is 0 Å². The lowest BCUT2D eigenvalue weighted by Crippen LogP contribution is -2.28. The molecule has 0 radical (unpaired) electrons. The van der Waals surface area contributed by atoms with Crippen molar-refractivity contribution in [3.8, 4) is 0 Å². The monoisotopic (exact) mass is 165 g/mol. The molecule has 64 valence electrons. The number of carbonyl (C=O) groups is 1. The van der Waals surface area contributed by atoms with Gasteiger partial charge in [0, 0.05) is 5.56 Å². The summed E-state index contributed by atoms with van der Waals surface area (Å²) in [6.07, 6.45) is 0. The standard InChI is InChI=1S/C9H8O2.H3N/c10-5-8-6-3-1-2-4-7(6)9(8)11;/h1-4,8,10H,5H2;1H3. The Bertz CT molecular complexity index is 309. The number of benzene rings is 1. The summed E-state index contributed by atoms with van der Waals surface area (Å²) in [4.78, 5) is 11.1. The van der Waals surface area contributed by atoms with Crippen LogP contribution >= 0.6 is 0 Å². The fourth-order valence-corrected chi connectivity index (χ4v) is 1.46. The Balaban J connectivity index is 0.000000720. The SMILES string of the molecule is N.O=C1c2ccccc2C1CO. The van der Waals surface area contributed by atoms with E-state index in [0.29, 0.717) is 0 Å². The van der Waals surface area contributed by atoms with Gasteiger partial charge in [0.25, 0.3) is 0 Å². The first kappa shape index (κ1) is 8.90. The van der Waals surface area contributed by atoms with Crippen LogP contribution in [0.15, 0.2) is 24.3 Å². The molecule has 0 aromatic heterocycles. The van der Waals surface area contributed by atoms with Gasteiger partial charge in [-0.25, -0.2) is 0 Å². The second-order valence-corrected chi connectivity index (χ2v) is 2.69. The minimum Gasteiger partial charge on any atom is -0.395 e. The van der Waals surface area contributed by atoms with Crippen molar-refractivity contribution in [2.24, 2.45) is 0 Å². The maximum atomic E-state index is 11.1. The molecule has 0 heterocycles. The lowest BCUT2D eigenvalue weighted by atomic mass is 9.77. The molecular weight excluding hydrogens is 154 g/mol. The molecule has 3 heteroatoms. The summed E-state index contributed by atoms with van der Waals surface area (Å²) in [6, 6.07) is 7.40. The summed E-state index contributed by atoms with van der Waals surface area (Å²) < 4.78 is 0. The summed E-state index contributed by atoms with van der Waals surface area (Å²) in [5.41, 5.74) is 1.76. The zero-order valence-electron chi connectivity index (χ0n) is 6.66. The topological polar surface area (TPSA) is 72.3 Å². The predicted octanol–water partition coefficient (Wildman–Crippen LogP) is 1.12. The van der Waals surface area contributed by atoms with Crippen molar-refractivity contribution in [3.63, 3.8) is 0 Å². The van der Waals surface area contributed by atoms with E-state index in [1.54, 1.807) is 6.07 Å². The zero-order chi connectivity index (χ0) is 7.84. The van der Waals surface area contributed by atoms with E-state index < -0.39 is 0 Å². The average molecular weight is 165 g/mol. The molecule has 2 rings (SSSR count). The van der Waals surface area contributed by atoms with Gasteiger partial charge in [-0.05, 0) is 5.56 Å². The van der Waals surface area contributed by atoms with E-state index in [4.69, 9.17) is 5.11 Å². The molecule has 4 N–H and O–H groups in total. The van der Waals surface area contributed by atoms with Gasteiger partial charge in [0.15, 0.2) is 5.78 Å². The van der Waals surface area contributed by atoms with Crippen LogP contribution < -0.4 is 6.15 Å². The number of aliphatic hydroxyl groups excluding tert-OH is 1. The third-order valence-corrected chi connectivity index (χ3v) is 2.10. The Hall–Kier alpha value is -1.19. The van der Waals surface area contributed by atoms with Gasteiger partial charge in [0.2, 0.25) is 0 Å². The van der Waals surface area contributed by atoms with Crippen LogP contribution in [0.25, 0.3) is 0 Å². The Morgan fingerprint density at radius 2 is 2.00 bits per heavy atom. The predicted molar refractivity (Wildman–Crippen MR) is 45.6 cm³/mol. The molecule has 1 atom stereocenters. The molecule has 0 bridgehead atoms. The van der Waals surface area contributed by atoms with Crippen molar-refractivity contribution in [1.82, 2.24) is 6.15 Å². The maximum absolute atomic E-state index is 11.1. The molecule has 1 unspecified atom stereocenters. The van der Waals surface area contributed by atoms with E-state index >= 15 is 0 Å². The molecule has 12 heavy (non-hydrogen) atoms. The number of aliphatic hydroxyl groups is 1. The third kappa shape index (κ3) is 0.948. The summed E-state index contributed by atoms with van der Waals surface area (Å²) in [5, 5.41) is 8.78. The van der Waals surface area contributed by atoms with E-state index in [1.807, 2.05) is 18.2 Å². The van der Waals surface area contributed by atoms with Crippen LogP contribution in [0.1, 0.15) is 21.8 Å². The molecular formula is C9H11NO2. The number of Topliss-reactive ketones (excluding diaryl/α,β-unsaturated/α-hetero) is 1. The number of hydrogen-bond donors (Lipinski definition) is 2. The highest BCUT2D eigenvalue weighted by Crippen LogP contribution is 2.33. The average Bonchev–Trinajstić information content (AvgIpc) is 2.05. The van der Waals surface area contributed by atoms with Gasteiger partial charge < -0.3 is 11.3 Å². The van der Waals surface area contributed by atoms with E-state index in [9.17, 15) is 4.79 Å². The molecule has 0 spiro atoms.